The van der Waals surface area contributed by atoms with Crippen LogP contribution in [-0.4, -0.2) is 0 Å². The minimum atomic E-state index is -0.330. The number of halogens is 2. The standard InChI is InChI=1S/C10H8F2O.CH4/c11-5-1-2-6(12)10-8-4-3-7(13-8)9(5)10;/h1-2,7-8H,3-4H2;1H4. The Labute approximate surface area is 81.7 Å². The molecule has 1 aromatic carbocycles. The first-order chi connectivity index (χ1) is 6.27. The van der Waals surface area contributed by atoms with Gasteiger partial charge in [-0.1, -0.05) is 7.43 Å². The largest absolute Gasteiger partial charge is 0.365 e. The van der Waals surface area contributed by atoms with Gasteiger partial charge in [0.05, 0.1) is 12.2 Å². The molecule has 0 aromatic heterocycles. The fourth-order valence-corrected chi connectivity index (χ4v) is 2.30. The Morgan fingerprint density at radius 2 is 1.43 bits per heavy atom. The summed E-state index contributed by atoms with van der Waals surface area (Å²) in [5, 5.41) is 0. The minimum absolute atomic E-state index is 0. The van der Waals surface area contributed by atoms with Gasteiger partial charge in [0.2, 0.25) is 0 Å². The van der Waals surface area contributed by atoms with Gasteiger partial charge in [0.25, 0.3) is 0 Å². The molecule has 2 unspecified atom stereocenters. The molecule has 1 saturated heterocycles. The van der Waals surface area contributed by atoms with Crippen LogP contribution in [0.4, 0.5) is 8.78 Å². The maximum atomic E-state index is 13.3. The summed E-state index contributed by atoms with van der Waals surface area (Å²) in [5.41, 5.74) is 0.910. The molecule has 14 heavy (non-hydrogen) atoms. The quantitative estimate of drug-likeness (QED) is 0.619. The van der Waals surface area contributed by atoms with E-state index in [4.69, 9.17) is 4.74 Å². The highest BCUT2D eigenvalue weighted by molar-refractivity contribution is 5.39. The molecule has 1 fully saturated rings. The molecule has 2 atom stereocenters. The summed E-state index contributed by atoms with van der Waals surface area (Å²) in [5.74, 6) is -0.660. The first-order valence-corrected chi connectivity index (χ1v) is 4.40. The van der Waals surface area contributed by atoms with Crippen LogP contribution in [0.2, 0.25) is 0 Å². The zero-order chi connectivity index (χ0) is 9.00. The molecule has 2 aliphatic rings. The van der Waals surface area contributed by atoms with Crippen molar-refractivity contribution in [2.24, 2.45) is 0 Å². The second-order valence-electron chi connectivity index (χ2n) is 3.55. The molecule has 2 aliphatic heterocycles. The molecule has 0 saturated carbocycles. The maximum Gasteiger partial charge on any atom is 0.129 e. The number of ether oxygens (including phenoxy) is 1. The Kier molecular flexibility index (Phi) is 2.07. The lowest BCUT2D eigenvalue weighted by atomic mass is 9.91. The van der Waals surface area contributed by atoms with Gasteiger partial charge in [-0.3, -0.25) is 0 Å². The van der Waals surface area contributed by atoms with Gasteiger partial charge in [0.15, 0.2) is 0 Å². The summed E-state index contributed by atoms with van der Waals surface area (Å²) in [4.78, 5) is 0. The SMILES string of the molecule is C.Fc1ccc(F)c2c1C1CCC2O1. The third-order valence-corrected chi connectivity index (χ3v) is 2.84. The van der Waals surface area contributed by atoms with Gasteiger partial charge < -0.3 is 4.74 Å². The molecule has 2 bridgehead atoms. The third-order valence-electron chi connectivity index (χ3n) is 2.84. The normalized spacial score (nSPS) is 27.3. The van der Waals surface area contributed by atoms with E-state index in [0.717, 1.165) is 12.8 Å². The summed E-state index contributed by atoms with van der Waals surface area (Å²) in [6.45, 7) is 0. The van der Waals surface area contributed by atoms with Gasteiger partial charge in [0, 0.05) is 11.1 Å². The number of hydrogen-bond acceptors (Lipinski definition) is 1. The van der Waals surface area contributed by atoms with Crippen molar-refractivity contribution in [3.63, 3.8) is 0 Å². The third kappa shape index (κ3) is 1.02. The molecule has 76 valence electrons. The second kappa shape index (κ2) is 3.02. The number of benzene rings is 1. The Bertz CT molecular complexity index is 341. The number of fused-ring (bicyclic) bond motifs is 5. The van der Waals surface area contributed by atoms with Crippen molar-refractivity contribution in [1.29, 1.82) is 0 Å². The zero-order valence-corrected chi connectivity index (χ0v) is 6.89. The molecule has 1 aromatic rings. The van der Waals surface area contributed by atoms with E-state index in [9.17, 15) is 8.78 Å². The lowest BCUT2D eigenvalue weighted by Gasteiger charge is -2.12. The van der Waals surface area contributed by atoms with Gasteiger partial charge in [-0.25, -0.2) is 8.78 Å². The van der Waals surface area contributed by atoms with Crippen LogP contribution in [0.25, 0.3) is 0 Å². The van der Waals surface area contributed by atoms with Gasteiger partial charge >= 0.3 is 0 Å². The highest BCUT2D eigenvalue weighted by Crippen LogP contribution is 2.51. The van der Waals surface area contributed by atoms with Crippen molar-refractivity contribution in [2.45, 2.75) is 32.5 Å². The molecular weight excluding hydrogens is 186 g/mol. The van der Waals surface area contributed by atoms with Crippen molar-refractivity contribution >= 4 is 0 Å². The fourth-order valence-electron chi connectivity index (χ4n) is 2.30. The van der Waals surface area contributed by atoms with E-state index < -0.39 is 0 Å². The van der Waals surface area contributed by atoms with Crippen molar-refractivity contribution < 1.29 is 13.5 Å². The van der Waals surface area contributed by atoms with Gasteiger partial charge in [-0.05, 0) is 25.0 Å². The smallest absolute Gasteiger partial charge is 0.129 e. The van der Waals surface area contributed by atoms with Crippen molar-refractivity contribution in [2.75, 3.05) is 0 Å². The molecule has 1 nitrogen and oxygen atoms in total. The molecule has 3 heteroatoms. The zero-order valence-electron chi connectivity index (χ0n) is 6.89. The summed E-state index contributed by atoms with van der Waals surface area (Å²) >= 11 is 0. The number of hydrogen-bond donors (Lipinski definition) is 0. The monoisotopic (exact) mass is 198 g/mol. The van der Waals surface area contributed by atoms with Crippen LogP contribution in [-0.2, 0) is 4.74 Å². The van der Waals surface area contributed by atoms with E-state index in [1.807, 2.05) is 0 Å². The molecule has 0 spiro atoms. The van der Waals surface area contributed by atoms with Crippen LogP contribution in [0.15, 0.2) is 12.1 Å². The summed E-state index contributed by atoms with van der Waals surface area (Å²) in [6, 6.07) is 2.36. The molecule has 2 heterocycles. The highest BCUT2D eigenvalue weighted by Gasteiger charge is 2.41. The average molecular weight is 198 g/mol. The Morgan fingerprint density at radius 1 is 1.00 bits per heavy atom. The van der Waals surface area contributed by atoms with Crippen molar-refractivity contribution in [3.8, 4) is 0 Å². The van der Waals surface area contributed by atoms with Crippen molar-refractivity contribution in [3.05, 3.63) is 34.9 Å². The van der Waals surface area contributed by atoms with Gasteiger partial charge in [-0.2, -0.15) is 0 Å². The minimum Gasteiger partial charge on any atom is -0.365 e. The predicted molar refractivity (Wildman–Crippen MR) is 48.9 cm³/mol. The van der Waals surface area contributed by atoms with E-state index in [1.165, 1.54) is 12.1 Å². The van der Waals surface area contributed by atoms with E-state index >= 15 is 0 Å². The first kappa shape index (κ1) is 9.59. The highest BCUT2D eigenvalue weighted by atomic mass is 19.1. The van der Waals surface area contributed by atoms with E-state index in [1.54, 1.807) is 0 Å². The van der Waals surface area contributed by atoms with Crippen molar-refractivity contribution in [1.82, 2.24) is 0 Å². The van der Waals surface area contributed by atoms with E-state index in [0.29, 0.717) is 11.1 Å². The topological polar surface area (TPSA) is 9.23 Å². The van der Waals surface area contributed by atoms with Crippen LogP contribution in [0, 0.1) is 11.6 Å². The summed E-state index contributed by atoms with van der Waals surface area (Å²) < 4.78 is 32.0. The number of rotatable bonds is 0. The second-order valence-corrected chi connectivity index (χ2v) is 3.55. The molecule has 0 aliphatic carbocycles. The van der Waals surface area contributed by atoms with Crippen LogP contribution < -0.4 is 0 Å². The Hall–Kier alpha value is -0.960. The lowest BCUT2D eigenvalue weighted by molar-refractivity contribution is 0.0695. The van der Waals surface area contributed by atoms with E-state index in [2.05, 4.69) is 0 Å². The molecule has 0 N–H and O–H groups in total. The van der Waals surface area contributed by atoms with Gasteiger partial charge in [0.1, 0.15) is 11.6 Å². The van der Waals surface area contributed by atoms with Crippen LogP contribution in [0.5, 0.6) is 0 Å². The predicted octanol–water partition coefficient (Wildman–Crippen LogP) is 3.51. The van der Waals surface area contributed by atoms with Crippen LogP contribution >= 0.6 is 0 Å². The van der Waals surface area contributed by atoms with Crippen LogP contribution in [0.1, 0.15) is 43.6 Å². The average Bonchev–Trinajstić information content (AvgIpc) is 2.70. The Morgan fingerprint density at radius 3 is 1.86 bits per heavy atom. The maximum absolute atomic E-state index is 13.3. The summed E-state index contributed by atoms with van der Waals surface area (Å²) in [7, 11) is 0. The molecule has 0 radical (unpaired) electrons. The van der Waals surface area contributed by atoms with Crippen LogP contribution in [0.3, 0.4) is 0 Å². The molecule has 0 amide bonds. The fraction of sp³-hybridized carbons (Fsp3) is 0.455. The van der Waals surface area contributed by atoms with Gasteiger partial charge in [-0.15, -0.1) is 0 Å². The van der Waals surface area contributed by atoms with E-state index in [-0.39, 0.29) is 31.3 Å². The first-order valence-electron chi connectivity index (χ1n) is 4.40. The lowest BCUT2D eigenvalue weighted by Crippen LogP contribution is -2.03. The molecule has 3 rings (SSSR count). The Balaban J connectivity index is 0.000000750. The summed E-state index contributed by atoms with van der Waals surface area (Å²) in [6.07, 6.45) is 1.24. The molecular formula is C11H12F2O.